The predicted molar refractivity (Wildman–Crippen MR) is 85.4 cm³/mol. The molecule has 0 aliphatic heterocycles. The van der Waals surface area contributed by atoms with E-state index in [0.29, 0.717) is 0 Å². The molecule has 0 N–H and O–H groups in total. The molecule has 3 aromatic rings. The van der Waals surface area contributed by atoms with Gasteiger partial charge in [0, 0.05) is 9.75 Å². The first-order chi connectivity index (χ1) is 9.16. The van der Waals surface area contributed by atoms with Crippen molar-refractivity contribution in [3.8, 4) is 0 Å². The highest BCUT2D eigenvalue weighted by atomic mass is 35.5. The lowest BCUT2D eigenvalue weighted by molar-refractivity contribution is 1.18. The van der Waals surface area contributed by atoms with Crippen molar-refractivity contribution in [2.24, 2.45) is 0 Å². The van der Waals surface area contributed by atoms with Gasteiger partial charge < -0.3 is 0 Å². The molecule has 1 aromatic heterocycles. The molecule has 0 saturated carbocycles. The van der Waals surface area contributed by atoms with Gasteiger partial charge in [0.15, 0.2) is 0 Å². The highest BCUT2D eigenvalue weighted by Gasteiger charge is 2.17. The van der Waals surface area contributed by atoms with Crippen LogP contribution in [0.2, 0.25) is 0 Å². The number of alkyl halides is 1. The molecule has 0 nitrogen and oxygen atoms in total. The zero-order valence-electron chi connectivity index (χ0n) is 11.0. The van der Waals surface area contributed by atoms with Crippen LogP contribution < -0.4 is 0 Å². The van der Waals surface area contributed by atoms with Gasteiger partial charge in [0.1, 0.15) is 0 Å². The molecule has 96 valence electrons. The van der Waals surface area contributed by atoms with E-state index in [1.807, 2.05) is 0 Å². The molecule has 2 aromatic carbocycles. The van der Waals surface area contributed by atoms with Crippen molar-refractivity contribution < 1.29 is 0 Å². The topological polar surface area (TPSA) is 0 Å². The van der Waals surface area contributed by atoms with Crippen LogP contribution in [0.25, 0.3) is 10.8 Å². The highest BCUT2D eigenvalue weighted by Crippen LogP contribution is 2.39. The molecule has 1 heterocycles. The average Bonchev–Trinajstić information content (AvgIpc) is 2.76. The third-order valence-electron chi connectivity index (χ3n) is 3.41. The minimum Gasteiger partial charge on any atom is -0.143 e. The number of fused-ring (bicyclic) bond motifs is 1. The summed E-state index contributed by atoms with van der Waals surface area (Å²) in [5.41, 5.74) is 2.49. The Kier molecular flexibility index (Phi) is 3.34. The number of halogens is 1. The number of benzene rings is 2. The Morgan fingerprint density at radius 2 is 1.74 bits per heavy atom. The Morgan fingerprint density at radius 3 is 2.47 bits per heavy atom. The van der Waals surface area contributed by atoms with Crippen molar-refractivity contribution in [2.75, 3.05) is 0 Å². The van der Waals surface area contributed by atoms with Crippen molar-refractivity contribution >= 4 is 33.7 Å². The SMILES string of the molecule is Cc1cc(C)c(C(Cl)c2cccc3ccccc23)s1. The van der Waals surface area contributed by atoms with Gasteiger partial charge in [-0.3, -0.25) is 0 Å². The molecule has 0 radical (unpaired) electrons. The van der Waals surface area contributed by atoms with Crippen molar-refractivity contribution in [3.63, 3.8) is 0 Å². The normalized spacial score (nSPS) is 12.8. The first-order valence-electron chi connectivity index (χ1n) is 6.35. The largest absolute Gasteiger partial charge is 0.143 e. The first-order valence-corrected chi connectivity index (χ1v) is 7.61. The summed E-state index contributed by atoms with van der Waals surface area (Å²) in [6.07, 6.45) is 0. The summed E-state index contributed by atoms with van der Waals surface area (Å²) >= 11 is 8.53. The van der Waals surface area contributed by atoms with Gasteiger partial charge in [0.25, 0.3) is 0 Å². The smallest absolute Gasteiger partial charge is 0.0936 e. The van der Waals surface area contributed by atoms with Gasteiger partial charge in [-0.2, -0.15) is 0 Å². The molecule has 19 heavy (non-hydrogen) atoms. The fourth-order valence-electron chi connectivity index (χ4n) is 2.52. The summed E-state index contributed by atoms with van der Waals surface area (Å²) in [6, 6.07) is 17.0. The van der Waals surface area contributed by atoms with Crippen LogP contribution in [-0.2, 0) is 0 Å². The van der Waals surface area contributed by atoms with Gasteiger partial charge in [-0.15, -0.1) is 22.9 Å². The first kappa shape index (κ1) is 12.7. The van der Waals surface area contributed by atoms with Gasteiger partial charge in [-0.25, -0.2) is 0 Å². The molecule has 0 aliphatic carbocycles. The van der Waals surface area contributed by atoms with E-state index < -0.39 is 0 Å². The average molecular weight is 287 g/mol. The molecule has 0 aliphatic rings. The Balaban J connectivity index is 2.16. The maximum absolute atomic E-state index is 6.74. The molecule has 2 heteroatoms. The number of thiophene rings is 1. The Labute approximate surface area is 122 Å². The molecule has 1 unspecified atom stereocenters. The standard InChI is InChI=1S/C17H15ClS/c1-11-10-12(2)19-17(11)16(18)15-9-5-7-13-6-3-4-8-14(13)15/h3-10,16H,1-2H3. The Hall–Kier alpha value is -1.31. The van der Waals surface area contributed by atoms with E-state index in [-0.39, 0.29) is 5.38 Å². The lowest BCUT2D eigenvalue weighted by atomic mass is 10.0. The van der Waals surface area contributed by atoms with E-state index in [1.54, 1.807) is 11.3 Å². The second-order valence-electron chi connectivity index (χ2n) is 4.84. The van der Waals surface area contributed by atoms with Crippen LogP contribution >= 0.6 is 22.9 Å². The second kappa shape index (κ2) is 4.99. The summed E-state index contributed by atoms with van der Waals surface area (Å²) in [5.74, 6) is 0. The zero-order chi connectivity index (χ0) is 13.4. The van der Waals surface area contributed by atoms with Gasteiger partial charge in [-0.05, 0) is 41.8 Å². The van der Waals surface area contributed by atoms with Crippen LogP contribution in [0, 0.1) is 13.8 Å². The van der Waals surface area contributed by atoms with Crippen molar-refractivity contribution in [1.29, 1.82) is 0 Å². The van der Waals surface area contributed by atoms with Crippen molar-refractivity contribution in [3.05, 3.63) is 69.4 Å². The molecule has 0 amide bonds. The van der Waals surface area contributed by atoms with Crippen LogP contribution in [0.1, 0.15) is 26.3 Å². The number of aryl methyl sites for hydroxylation is 2. The summed E-state index contributed by atoms with van der Waals surface area (Å²) in [4.78, 5) is 2.58. The molecule has 0 saturated heterocycles. The minimum atomic E-state index is -0.0650. The molecular weight excluding hydrogens is 272 g/mol. The van der Waals surface area contributed by atoms with Gasteiger partial charge in [0.05, 0.1) is 5.38 Å². The lowest BCUT2D eigenvalue weighted by Crippen LogP contribution is -1.93. The van der Waals surface area contributed by atoms with E-state index in [1.165, 1.54) is 31.7 Å². The van der Waals surface area contributed by atoms with Crippen LogP contribution in [0.3, 0.4) is 0 Å². The number of rotatable bonds is 2. The third kappa shape index (κ3) is 2.29. The van der Waals surface area contributed by atoms with E-state index in [0.717, 1.165) is 0 Å². The van der Waals surface area contributed by atoms with E-state index in [4.69, 9.17) is 11.6 Å². The molecule has 0 bridgehead atoms. The molecule has 3 rings (SSSR count). The Bertz CT molecular complexity index is 722. The summed E-state index contributed by atoms with van der Waals surface area (Å²) < 4.78 is 0. The Morgan fingerprint density at radius 1 is 1.00 bits per heavy atom. The molecule has 0 fully saturated rings. The molecular formula is C17H15ClS. The molecule has 0 spiro atoms. The minimum absolute atomic E-state index is 0.0650. The van der Waals surface area contributed by atoms with Crippen LogP contribution in [0.5, 0.6) is 0 Å². The fourth-order valence-corrected chi connectivity index (χ4v) is 4.05. The van der Waals surface area contributed by atoms with Crippen LogP contribution in [-0.4, -0.2) is 0 Å². The van der Waals surface area contributed by atoms with E-state index >= 15 is 0 Å². The van der Waals surface area contributed by atoms with E-state index in [9.17, 15) is 0 Å². The quantitative estimate of drug-likeness (QED) is 0.519. The third-order valence-corrected chi connectivity index (χ3v) is 5.21. The summed E-state index contributed by atoms with van der Waals surface area (Å²) in [6.45, 7) is 4.27. The highest BCUT2D eigenvalue weighted by molar-refractivity contribution is 7.12. The summed E-state index contributed by atoms with van der Waals surface area (Å²) in [5, 5.41) is 2.43. The monoisotopic (exact) mass is 286 g/mol. The number of hydrogen-bond donors (Lipinski definition) is 0. The number of hydrogen-bond acceptors (Lipinski definition) is 1. The summed E-state index contributed by atoms with van der Waals surface area (Å²) in [7, 11) is 0. The van der Waals surface area contributed by atoms with Crippen molar-refractivity contribution in [2.45, 2.75) is 19.2 Å². The zero-order valence-corrected chi connectivity index (χ0v) is 12.6. The maximum atomic E-state index is 6.74. The second-order valence-corrected chi connectivity index (χ2v) is 6.56. The van der Waals surface area contributed by atoms with Gasteiger partial charge in [0.2, 0.25) is 0 Å². The maximum Gasteiger partial charge on any atom is 0.0936 e. The van der Waals surface area contributed by atoms with Gasteiger partial charge in [-0.1, -0.05) is 42.5 Å². The predicted octanol–water partition coefficient (Wildman–Crippen LogP) is 5.85. The lowest BCUT2D eigenvalue weighted by Gasteiger charge is -2.12. The fraction of sp³-hybridized carbons (Fsp3) is 0.176. The van der Waals surface area contributed by atoms with Crippen molar-refractivity contribution in [1.82, 2.24) is 0 Å². The van der Waals surface area contributed by atoms with E-state index in [2.05, 4.69) is 62.4 Å². The van der Waals surface area contributed by atoms with Gasteiger partial charge >= 0.3 is 0 Å². The van der Waals surface area contributed by atoms with Crippen LogP contribution in [0.15, 0.2) is 48.5 Å². The van der Waals surface area contributed by atoms with Crippen LogP contribution in [0.4, 0.5) is 0 Å². The molecule has 1 atom stereocenters.